The number of amides is 1. The van der Waals surface area contributed by atoms with E-state index in [1.807, 2.05) is 30.3 Å². The van der Waals surface area contributed by atoms with E-state index in [1.54, 1.807) is 12.1 Å². The summed E-state index contributed by atoms with van der Waals surface area (Å²) in [6.45, 7) is 0.497. The van der Waals surface area contributed by atoms with Crippen LogP contribution < -0.4 is 10.1 Å². The highest BCUT2D eigenvalue weighted by Gasteiger charge is 2.09. The van der Waals surface area contributed by atoms with Crippen LogP contribution in [-0.2, 0) is 11.3 Å². The average Bonchev–Trinajstić information content (AvgIpc) is 2.66. The molecule has 2 rings (SSSR count). The Hall–Kier alpha value is -3.46. The van der Waals surface area contributed by atoms with Crippen molar-refractivity contribution in [2.24, 2.45) is 0 Å². The summed E-state index contributed by atoms with van der Waals surface area (Å²) in [5.41, 5.74) is 1.37. The summed E-state index contributed by atoms with van der Waals surface area (Å²) in [6.07, 6.45) is -0.167. The van der Waals surface area contributed by atoms with Crippen LogP contribution in [0.1, 0.15) is 27.9 Å². The maximum Gasteiger partial charge on any atom is 0.407 e. The summed E-state index contributed by atoms with van der Waals surface area (Å²) in [6, 6.07) is 14.0. The molecule has 0 heterocycles. The van der Waals surface area contributed by atoms with Gasteiger partial charge in [0.2, 0.25) is 0 Å². The van der Waals surface area contributed by atoms with E-state index in [2.05, 4.69) is 17.2 Å². The first-order chi connectivity index (χ1) is 12.6. The minimum Gasteiger partial charge on any atom is -0.497 e. The van der Waals surface area contributed by atoms with Crippen molar-refractivity contribution < 1.29 is 24.2 Å². The normalized spacial score (nSPS) is 9.58. The van der Waals surface area contributed by atoms with Crippen molar-refractivity contribution in [2.75, 3.05) is 13.7 Å². The molecule has 2 N–H and O–H groups in total. The van der Waals surface area contributed by atoms with E-state index in [0.29, 0.717) is 24.3 Å². The number of carbonyl (C=O) groups excluding carboxylic acids is 1. The molecular weight excluding hydrogens is 334 g/mol. The first-order valence-electron chi connectivity index (χ1n) is 7.95. The lowest BCUT2D eigenvalue weighted by molar-refractivity contribution is 0.0696. The summed E-state index contributed by atoms with van der Waals surface area (Å²) in [5.74, 6) is 5.11. The predicted molar refractivity (Wildman–Crippen MR) is 96.1 cm³/mol. The van der Waals surface area contributed by atoms with Gasteiger partial charge in [-0.05, 0) is 23.8 Å². The summed E-state index contributed by atoms with van der Waals surface area (Å²) < 4.78 is 10.2. The van der Waals surface area contributed by atoms with Crippen LogP contribution in [0, 0.1) is 11.8 Å². The summed E-state index contributed by atoms with van der Waals surface area (Å²) in [4.78, 5) is 22.8. The Kier molecular flexibility index (Phi) is 7.07. The fourth-order valence-corrected chi connectivity index (χ4v) is 2.10. The van der Waals surface area contributed by atoms with Gasteiger partial charge >= 0.3 is 12.1 Å². The zero-order chi connectivity index (χ0) is 18.8. The third-order valence-electron chi connectivity index (χ3n) is 3.41. The second-order valence-corrected chi connectivity index (χ2v) is 5.26. The summed E-state index contributed by atoms with van der Waals surface area (Å²) >= 11 is 0. The van der Waals surface area contributed by atoms with Crippen LogP contribution in [-0.4, -0.2) is 30.8 Å². The molecule has 0 saturated carbocycles. The van der Waals surface area contributed by atoms with Crippen molar-refractivity contribution in [3.8, 4) is 17.6 Å². The van der Waals surface area contributed by atoms with E-state index in [4.69, 9.17) is 9.47 Å². The third-order valence-corrected chi connectivity index (χ3v) is 3.41. The smallest absolute Gasteiger partial charge is 0.407 e. The van der Waals surface area contributed by atoms with Crippen molar-refractivity contribution in [1.29, 1.82) is 0 Å². The molecule has 1 amide bonds. The quantitative estimate of drug-likeness (QED) is 0.616. The fourth-order valence-electron chi connectivity index (χ4n) is 2.10. The van der Waals surface area contributed by atoms with Gasteiger partial charge in [0.05, 0.1) is 12.7 Å². The van der Waals surface area contributed by atoms with Crippen LogP contribution in [0.25, 0.3) is 0 Å². The number of benzene rings is 2. The van der Waals surface area contributed by atoms with Crippen molar-refractivity contribution in [2.45, 2.75) is 13.0 Å². The topological polar surface area (TPSA) is 84.9 Å². The predicted octanol–water partition coefficient (Wildman–Crippen LogP) is 3.06. The largest absolute Gasteiger partial charge is 0.497 e. The highest BCUT2D eigenvalue weighted by Crippen LogP contribution is 2.17. The maximum absolute atomic E-state index is 11.6. The summed E-state index contributed by atoms with van der Waals surface area (Å²) in [7, 11) is 1.50. The number of ether oxygens (including phenoxy) is 2. The van der Waals surface area contributed by atoms with Gasteiger partial charge in [0.1, 0.15) is 12.4 Å². The number of hydrogen-bond acceptors (Lipinski definition) is 4. The number of nitrogens with one attached hydrogen (secondary N) is 1. The molecule has 6 nitrogen and oxygen atoms in total. The second-order valence-electron chi connectivity index (χ2n) is 5.26. The molecule has 0 fully saturated rings. The van der Waals surface area contributed by atoms with Crippen LogP contribution in [0.2, 0.25) is 0 Å². The lowest BCUT2D eigenvalue weighted by Gasteiger charge is -2.05. The number of rotatable bonds is 6. The SMILES string of the molecule is COc1ccc(C(=O)O)c(C#CCCNC(=O)OCc2ccccc2)c1. The van der Waals surface area contributed by atoms with Crippen LogP contribution >= 0.6 is 0 Å². The molecule has 0 atom stereocenters. The molecule has 0 aliphatic rings. The van der Waals surface area contributed by atoms with E-state index in [0.717, 1.165) is 5.56 Å². The van der Waals surface area contributed by atoms with Crippen LogP contribution in [0.15, 0.2) is 48.5 Å². The first kappa shape index (κ1) is 18.9. The average molecular weight is 353 g/mol. The standard InChI is InChI=1S/C20H19NO5/c1-25-17-10-11-18(19(22)23)16(13-17)9-5-6-12-21-20(24)26-14-15-7-3-2-4-8-15/h2-4,7-8,10-11,13H,6,12,14H2,1H3,(H,21,24)(H,22,23). The number of hydrogen-bond donors (Lipinski definition) is 2. The minimum atomic E-state index is -1.06. The van der Waals surface area contributed by atoms with Crippen molar-refractivity contribution >= 4 is 12.1 Å². The zero-order valence-corrected chi connectivity index (χ0v) is 14.3. The molecule has 0 radical (unpaired) electrons. The highest BCUT2D eigenvalue weighted by atomic mass is 16.5. The Morgan fingerprint density at radius 3 is 2.62 bits per heavy atom. The molecule has 2 aromatic carbocycles. The van der Waals surface area contributed by atoms with E-state index in [-0.39, 0.29) is 12.2 Å². The molecule has 2 aromatic rings. The Morgan fingerprint density at radius 1 is 1.15 bits per heavy atom. The van der Waals surface area contributed by atoms with E-state index < -0.39 is 12.1 Å². The van der Waals surface area contributed by atoms with Crippen LogP contribution in [0.3, 0.4) is 0 Å². The van der Waals surface area contributed by atoms with Gasteiger partial charge < -0.3 is 19.9 Å². The van der Waals surface area contributed by atoms with Gasteiger partial charge in [0.15, 0.2) is 0 Å². The molecule has 0 aliphatic carbocycles. The molecular formula is C20H19NO5. The molecule has 134 valence electrons. The van der Waals surface area contributed by atoms with Crippen LogP contribution in [0.5, 0.6) is 5.75 Å². The number of carboxylic acids is 1. The van der Waals surface area contributed by atoms with Gasteiger partial charge in [0.25, 0.3) is 0 Å². The van der Waals surface area contributed by atoms with Crippen molar-refractivity contribution in [1.82, 2.24) is 5.32 Å². The Bertz CT molecular complexity index is 821. The Morgan fingerprint density at radius 2 is 1.92 bits per heavy atom. The third kappa shape index (κ3) is 5.87. The zero-order valence-electron chi connectivity index (χ0n) is 14.3. The molecule has 0 bridgehead atoms. The lowest BCUT2D eigenvalue weighted by atomic mass is 10.1. The molecule has 26 heavy (non-hydrogen) atoms. The summed E-state index contributed by atoms with van der Waals surface area (Å²) in [5, 5.41) is 11.8. The molecule has 0 unspecified atom stereocenters. The molecule has 0 aliphatic heterocycles. The van der Waals surface area contributed by atoms with Gasteiger partial charge in [0, 0.05) is 18.5 Å². The number of carbonyl (C=O) groups is 2. The van der Waals surface area contributed by atoms with Crippen LogP contribution in [0.4, 0.5) is 4.79 Å². The fraction of sp³-hybridized carbons (Fsp3) is 0.200. The monoisotopic (exact) mass is 353 g/mol. The van der Waals surface area contributed by atoms with Gasteiger partial charge in [-0.1, -0.05) is 42.2 Å². The van der Waals surface area contributed by atoms with Crippen molar-refractivity contribution in [3.05, 3.63) is 65.2 Å². The van der Waals surface area contributed by atoms with E-state index in [9.17, 15) is 14.7 Å². The van der Waals surface area contributed by atoms with Gasteiger partial charge in [-0.25, -0.2) is 9.59 Å². The number of alkyl carbamates (subject to hydrolysis) is 1. The van der Waals surface area contributed by atoms with E-state index >= 15 is 0 Å². The molecule has 0 saturated heterocycles. The highest BCUT2D eigenvalue weighted by molar-refractivity contribution is 5.91. The number of aromatic carboxylic acids is 1. The number of carboxylic acid groups (broad SMARTS) is 1. The lowest BCUT2D eigenvalue weighted by Crippen LogP contribution is -2.24. The van der Waals surface area contributed by atoms with Gasteiger partial charge in [-0.3, -0.25) is 0 Å². The van der Waals surface area contributed by atoms with Crippen molar-refractivity contribution in [3.63, 3.8) is 0 Å². The minimum absolute atomic E-state index is 0.105. The molecule has 0 aromatic heterocycles. The second kappa shape index (κ2) is 9.74. The Labute approximate surface area is 151 Å². The number of methoxy groups -OCH3 is 1. The first-order valence-corrected chi connectivity index (χ1v) is 7.95. The van der Waals surface area contributed by atoms with E-state index in [1.165, 1.54) is 13.2 Å². The Balaban J connectivity index is 1.81. The van der Waals surface area contributed by atoms with Gasteiger partial charge in [-0.15, -0.1) is 0 Å². The maximum atomic E-state index is 11.6. The molecule has 6 heteroatoms. The molecule has 0 spiro atoms. The van der Waals surface area contributed by atoms with Gasteiger partial charge in [-0.2, -0.15) is 0 Å².